The van der Waals surface area contributed by atoms with Gasteiger partial charge in [-0.25, -0.2) is 0 Å². The summed E-state index contributed by atoms with van der Waals surface area (Å²) in [5.41, 5.74) is 0.923. The summed E-state index contributed by atoms with van der Waals surface area (Å²) in [6.07, 6.45) is 5.36. The highest BCUT2D eigenvalue weighted by Gasteiger charge is 2.20. The lowest BCUT2D eigenvalue weighted by Crippen LogP contribution is -2.23. The summed E-state index contributed by atoms with van der Waals surface area (Å²) >= 11 is 15.7. The molecule has 1 aromatic carbocycles. The van der Waals surface area contributed by atoms with Crippen LogP contribution in [0.15, 0.2) is 16.6 Å². The van der Waals surface area contributed by atoms with Crippen LogP contribution >= 0.6 is 39.1 Å². The SMILES string of the molecule is CC(CC1CCC1)Nc1ccc(Br)c(Cl)c1Cl. The largest absolute Gasteiger partial charge is 0.381 e. The molecule has 2 rings (SSSR count). The molecule has 4 heteroatoms. The summed E-state index contributed by atoms with van der Waals surface area (Å²) in [5, 5.41) is 4.62. The summed E-state index contributed by atoms with van der Waals surface area (Å²) < 4.78 is 0.835. The molecule has 1 aromatic rings. The molecular weight excluding hydrogens is 321 g/mol. The van der Waals surface area contributed by atoms with E-state index in [1.165, 1.54) is 25.7 Å². The maximum Gasteiger partial charge on any atom is 0.0835 e. The molecular formula is C13H16BrCl2N. The zero-order chi connectivity index (χ0) is 12.4. The van der Waals surface area contributed by atoms with Gasteiger partial charge in [0.05, 0.1) is 15.7 Å². The number of hydrogen-bond acceptors (Lipinski definition) is 1. The van der Waals surface area contributed by atoms with E-state index in [0.29, 0.717) is 16.1 Å². The lowest BCUT2D eigenvalue weighted by atomic mass is 9.81. The van der Waals surface area contributed by atoms with Gasteiger partial charge in [0.25, 0.3) is 0 Å². The van der Waals surface area contributed by atoms with Gasteiger partial charge in [-0.3, -0.25) is 0 Å². The molecule has 1 unspecified atom stereocenters. The zero-order valence-electron chi connectivity index (χ0n) is 9.77. The van der Waals surface area contributed by atoms with Crippen molar-refractivity contribution in [1.29, 1.82) is 0 Å². The molecule has 1 fully saturated rings. The van der Waals surface area contributed by atoms with Gasteiger partial charge < -0.3 is 5.32 Å². The fraction of sp³-hybridized carbons (Fsp3) is 0.538. The van der Waals surface area contributed by atoms with Gasteiger partial charge in [-0.05, 0) is 47.3 Å². The van der Waals surface area contributed by atoms with E-state index in [1.54, 1.807) is 0 Å². The molecule has 17 heavy (non-hydrogen) atoms. The highest BCUT2D eigenvalue weighted by Crippen LogP contribution is 2.37. The Morgan fingerprint density at radius 1 is 1.35 bits per heavy atom. The molecule has 0 bridgehead atoms. The summed E-state index contributed by atoms with van der Waals surface area (Å²) in [6, 6.07) is 4.33. The molecule has 0 amide bonds. The van der Waals surface area contributed by atoms with Crippen LogP contribution in [0.5, 0.6) is 0 Å². The minimum Gasteiger partial charge on any atom is -0.381 e. The molecule has 1 N–H and O–H groups in total. The van der Waals surface area contributed by atoms with E-state index >= 15 is 0 Å². The fourth-order valence-electron chi connectivity index (χ4n) is 2.19. The number of anilines is 1. The van der Waals surface area contributed by atoms with Crippen LogP contribution in [-0.4, -0.2) is 6.04 Å². The highest BCUT2D eigenvalue weighted by atomic mass is 79.9. The summed E-state index contributed by atoms with van der Waals surface area (Å²) in [7, 11) is 0. The van der Waals surface area contributed by atoms with Crippen LogP contribution in [0.25, 0.3) is 0 Å². The fourth-order valence-corrected chi connectivity index (χ4v) is 3.02. The topological polar surface area (TPSA) is 12.0 Å². The van der Waals surface area contributed by atoms with E-state index in [9.17, 15) is 0 Å². The molecule has 94 valence electrons. The van der Waals surface area contributed by atoms with Crippen molar-refractivity contribution in [2.45, 2.75) is 38.6 Å². The van der Waals surface area contributed by atoms with Crippen molar-refractivity contribution in [1.82, 2.24) is 0 Å². The first-order chi connectivity index (χ1) is 8.08. The van der Waals surface area contributed by atoms with Gasteiger partial charge in [-0.1, -0.05) is 42.5 Å². The number of rotatable bonds is 4. The average molecular weight is 337 g/mol. The van der Waals surface area contributed by atoms with E-state index < -0.39 is 0 Å². The molecule has 0 radical (unpaired) electrons. The number of benzene rings is 1. The van der Waals surface area contributed by atoms with Crippen LogP contribution in [0.4, 0.5) is 5.69 Å². The Balaban J connectivity index is 1.99. The molecule has 1 aliphatic carbocycles. The smallest absolute Gasteiger partial charge is 0.0835 e. The lowest BCUT2D eigenvalue weighted by molar-refractivity contribution is 0.286. The van der Waals surface area contributed by atoms with Gasteiger partial charge in [-0.2, -0.15) is 0 Å². The average Bonchev–Trinajstić information content (AvgIpc) is 2.25. The quantitative estimate of drug-likeness (QED) is 0.690. The van der Waals surface area contributed by atoms with Crippen molar-refractivity contribution in [3.05, 3.63) is 26.7 Å². The van der Waals surface area contributed by atoms with Crippen LogP contribution in [0.2, 0.25) is 10.0 Å². The Morgan fingerprint density at radius 3 is 2.65 bits per heavy atom. The van der Waals surface area contributed by atoms with E-state index in [1.807, 2.05) is 12.1 Å². The van der Waals surface area contributed by atoms with Gasteiger partial charge in [0.15, 0.2) is 0 Å². The Bertz CT molecular complexity index is 405. The van der Waals surface area contributed by atoms with Crippen molar-refractivity contribution in [3.8, 4) is 0 Å². The van der Waals surface area contributed by atoms with E-state index in [4.69, 9.17) is 23.2 Å². The summed E-state index contributed by atoms with van der Waals surface area (Å²) in [6.45, 7) is 2.20. The molecule has 0 aliphatic heterocycles. The van der Waals surface area contributed by atoms with Gasteiger partial charge in [0.2, 0.25) is 0 Å². The molecule has 0 saturated heterocycles. The van der Waals surface area contributed by atoms with Crippen LogP contribution in [0.3, 0.4) is 0 Å². The first-order valence-corrected chi connectivity index (χ1v) is 7.53. The normalized spacial score (nSPS) is 17.6. The monoisotopic (exact) mass is 335 g/mol. The number of hydrogen-bond donors (Lipinski definition) is 1. The van der Waals surface area contributed by atoms with Crippen molar-refractivity contribution in [2.24, 2.45) is 5.92 Å². The zero-order valence-corrected chi connectivity index (χ0v) is 12.9. The van der Waals surface area contributed by atoms with E-state index in [0.717, 1.165) is 16.1 Å². The molecule has 0 spiro atoms. The second kappa shape index (κ2) is 5.81. The molecule has 0 heterocycles. The summed E-state index contributed by atoms with van der Waals surface area (Å²) in [5.74, 6) is 0.891. The summed E-state index contributed by atoms with van der Waals surface area (Å²) in [4.78, 5) is 0. The minimum atomic E-state index is 0.440. The van der Waals surface area contributed by atoms with Crippen LogP contribution in [-0.2, 0) is 0 Å². The first kappa shape index (κ1) is 13.5. The Kier molecular flexibility index (Phi) is 4.62. The first-order valence-electron chi connectivity index (χ1n) is 5.98. The number of nitrogens with one attached hydrogen (secondary N) is 1. The van der Waals surface area contributed by atoms with Gasteiger partial charge >= 0.3 is 0 Å². The lowest BCUT2D eigenvalue weighted by Gasteiger charge is -2.29. The predicted molar refractivity (Wildman–Crippen MR) is 79.2 cm³/mol. The maximum absolute atomic E-state index is 6.20. The Hall–Kier alpha value is 0.0800. The molecule has 0 aromatic heterocycles. The Labute approximate surface area is 121 Å². The van der Waals surface area contributed by atoms with Gasteiger partial charge in [-0.15, -0.1) is 0 Å². The minimum absolute atomic E-state index is 0.440. The second-order valence-corrected chi connectivity index (χ2v) is 6.41. The van der Waals surface area contributed by atoms with Crippen LogP contribution in [0.1, 0.15) is 32.6 Å². The van der Waals surface area contributed by atoms with Crippen LogP contribution < -0.4 is 5.32 Å². The van der Waals surface area contributed by atoms with Crippen molar-refractivity contribution >= 4 is 44.8 Å². The van der Waals surface area contributed by atoms with Crippen molar-refractivity contribution < 1.29 is 0 Å². The van der Waals surface area contributed by atoms with Gasteiger partial charge in [0.1, 0.15) is 0 Å². The standard InChI is InChI=1S/C13H16BrCl2N/c1-8(7-9-3-2-4-9)17-11-6-5-10(14)12(15)13(11)16/h5-6,8-9,17H,2-4,7H2,1H3. The predicted octanol–water partition coefficient (Wildman–Crippen LogP) is 5.75. The maximum atomic E-state index is 6.20. The third-order valence-electron chi connectivity index (χ3n) is 3.35. The molecule has 1 saturated carbocycles. The highest BCUT2D eigenvalue weighted by molar-refractivity contribution is 9.10. The van der Waals surface area contributed by atoms with Crippen molar-refractivity contribution in [3.63, 3.8) is 0 Å². The van der Waals surface area contributed by atoms with Crippen molar-refractivity contribution in [2.75, 3.05) is 5.32 Å². The third kappa shape index (κ3) is 3.30. The van der Waals surface area contributed by atoms with Crippen LogP contribution in [0, 0.1) is 5.92 Å². The third-order valence-corrected chi connectivity index (χ3v) is 5.12. The van der Waals surface area contributed by atoms with Gasteiger partial charge in [0, 0.05) is 10.5 Å². The molecule has 1 atom stereocenters. The second-order valence-electron chi connectivity index (χ2n) is 4.80. The van der Waals surface area contributed by atoms with E-state index in [-0.39, 0.29) is 0 Å². The Morgan fingerprint density at radius 2 is 2.06 bits per heavy atom. The molecule has 1 aliphatic rings. The molecule has 1 nitrogen and oxygen atoms in total. The van der Waals surface area contributed by atoms with E-state index in [2.05, 4.69) is 28.2 Å². The number of halogens is 3.